The number of halogens is 3. The van der Waals surface area contributed by atoms with Gasteiger partial charge in [-0.05, 0) is 49.4 Å². The zero-order chi connectivity index (χ0) is 20.9. The van der Waals surface area contributed by atoms with Gasteiger partial charge in [0.2, 0.25) is 0 Å². The van der Waals surface area contributed by atoms with Gasteiger partial charge in [0.15, 0.2) is 0 Å². The summed E-state index contributed by atoms with van der Waals surface area (Å²) in [6, 6.07) is 8.67. The number of carbonyl (C=O) groups is 1. The Kier molecular flexibility index (Phi) is 6.68. The molecule has 10 heteroatoms. The van der Waals surface area contributed by atoms with Crippen molar-refractivity contribution < 1.29 is 31.1 Å². The quantitative estimate of drug-likeness (QED) is 0.726. The highest BCUT2D eigenvalue weighted by Crippen LogP contribution is 2.31. The molecule has 0 spiro atoms. The van der Waals surface area contributed by atoms with Crippen molar-refractivity contribution in [1.82, 2.24) is 5.32 Å². The van der Waals surface area contributed by atoms with Crippen LogP contribution in [0.3, 0.4) is 0 Å². The molecule has 28 heavy (non-hydrogen) atoms. The smallest absolute Gasteiger partial charge is 0.383 e. The Labute approximate surface area is 160 Å². The monoisotopic (exact) mass is 416 g/mol. The maximum Gasteiger partial charge on any atom is 0.416 e. The minimum atomic E-state index is -4.59. The van der Waals surface area contributed by atoms with E-state index in [0.717, 1.165) is 12.1 Å². The fourth-order valence-corrected chi connectivity index (χ4v) is 3.41. The van der Waals surface area contributed by atoms with Gasteiger partial charge in [-0.25, -0.2) is 8.42 Å². The molecule has 0 aliphatic rings. The van der Waals surface area contributed by atoms with Crippen molar-refractivity contribution >= 4 is 21.6 Å². The van der Waals surface area contributed by atoms with Crippen LogP contribution in [-0.2, 0) is 20.9 Å². The zero-order valence-electron chi connectivity index (χ0n) is 15.1. The topological polar surface area (TPSA) is 84.5 Å². The molecule has 0 aliphatic heterocycles. The molecule has 2 N–H and O–H groups in total. The zero-order valence-corrected chi connectivity index (χ0v) is 15.9. The fraction of sp³-hybridized carbons (Fsp3) is 0.278. The molecule has 152 valence electrons. The lowest BCUT2D eigenvalue weighted by atomic mass is 10.2. The van der Waals surface area contributed by atoms with Crippen molar-refractivity contribution in [2.24, 2.45) is 0 Å². The molecule has 0 fully saturated rings. The minimum Gasteiger partial charge on any atom is -0.383 e. The first kappa shape index (κ1) is 21.7. The molecule has 0 aromatic heterocycles. The number of alkyl halides is 3. The normalized spacial score (nSPS) is 13.0. The van der Waals surface area contributed by atoms with Crippen molar-refractivity contribution in [3.8, 4) is 0 Å². The second-order valence-electron chi connectivity index (χ2n) is 6.04. The fourth-order valence-electron chi connectivity index (χ4n) is 2.36. The van der Waals surface area contributed by atoms with Gasteiger partial charge in [0.1, 0.15) is 0 Å². The summed E-state index contributed by atoms with van der Waals surface area (Å²) in [6.07, 6.45) is -4.59. The summed E-state index contributed by atoms with van der Waals surface area (Å²) < 4.78 is 70.1. The largest absolute Gasteiger partial charge is 0.416 e. The van der Waals surface area contributed by atoms with Crippen LogP contribution in [0, 0.1) is 0 Å². The van der Waals surface area contributed by atoms with Gasteiger partial charge in [0.25, 0.3) is 15.9 Å². The third kappa shape index (κ3) is 5.70. The molecule has 0 radical (unpaired) electrons. The highest BCUT2D eigenvalue weighted by molar-refractivity contribution is 7.92. The van der Waals surface area contributed by atoms with E-state index < -0.39 is 27.7 Å². The van der Waals surface area contributed by atoms with Gasteiger partial charge >= 0.3 is 6.18 Å². The maximum atomic E-state index is 12.8. The Balaban J connectivity index is 2.15. The third-order valence-corrected chi connectivity index (χ3v) is 5.06. The van der Waals surface area contributed by atoms with Gasteiger partial charge in [-0.2, -0.15) is 13.2 Å². The van der Waals surface area contributed by atoms with Crippen molar-refractivity contribution in [3.63, 3.8) is 0 Å². The number of hydrogen-bond donors (Lipinski definition) is 2. The van der Waals surface area contributed by atoms with E-state index in [1.165, 1.54) is 37.4 Å². The molecule has 1 atom stereocenters. The predicted octanol–water partition coefficient (Wildman–Crippen LogP) is 3.27. The second-order valence-corrected chi connectivity index (χ2v) is 7.72. The lowest BCUT2D eigenvalue weighted by Gasteiger charge is -2.13. The number of carbonyl (C=O) groups excluding carboxylic acids is 1. The van der Waals surface area contributed by atoms with Crippen LogP contribution in [0.25, 0.3) is 0 Å². The Morgan fingerprint density at radius 2 is 1.79 bits per heavy atom. The number of benzene rings is 2. The Bertz CT molecular complexity index is 929. The second kappa shape index (κ2) is 8.61. The van der Waals surface area contributed by atoms with E-state index in [1.54, 1.807) is 6.92 Å². The molecule has 0 saturated heterocycles. The summed E-state index contributed by atoms with van der Waals surface area (Å²) in [5, 5.41) is 2.68. The van der Waals surface area contributed by atoms with Crippen molar-refractivity contribution in [2.75, 3.05) is 18.4 Å². The van der Waals surface area contributed by atoms with Gasteiger partial charge in [0, 0.05) is 24.4 Å². The number of anilines is 1. The van der Waals surface area contributed by atoms with E-state index in [1.807, 2.05) is 0 Å². The summed E-state index contributed by atoms with van der Waals surface area (Å²) in [6.45, 7) is 2.07. The summed E-state index contributed by atoms with van der Waals surface area (Å²) >= 11 is 0. The molecule has 0 bridgehead atoms. The first-order chi connectivity index (χ1) is 13.0. The molecule has 2 rings (SSSR count). The molecule has 6 nitrogen and oxygen atoms in total. The van der Waals surface area contributed by atoms with Gasteiger partial charge in [-0.1, -0.05) is 6.07 Å². The van der Waals surface area contributed by atoms with E-state index >= 15 is 0 Å². The molecule has 0 aliphatic carbocycles. The third-order valence-electron chi connectivity index (χ3n) is 3.66. The highest BCUT2D eigenvalue weighted by atomic mass is 32.2. The van der Waals surface area contributed by atoms with Crippen LogP contribution in [0.1, 0.15) is 22.8 Å². The Morgan fingerprint density at radius 1 is 1.14 bits per heavy atom. The van der Waals surface area contributed by atoms with Gasteiger partial charge < -0.3 is 10.1 Å². The number of rotatable bonds is 7. The summed E-state index contributed by atoms with van der Waals surface area (Å²) in [5.74, 6) is -0.403. The van der Waals surface area contributed by atoms with Crippen molar-refractivity contribution in [1.29, 1.82) is 0 Å². The van der Waals surface area contributed by atoms with Crippen LogP contribution in [0.15, 0.2) is 53.4 Å². The average molecular weight is 416 g/mol. The molecule has 2 aromatic rings. The van der Waals surface area contributed by atoms with Crippen molar-refractivity contribution in [3.05, 3.63) is 59.7 Å². The molecule has 1 unspecified atom stereocenters. The first-order valence-corrected chi connectivity index (χ1v) is 9.61. The Morgan fingerprint density at radius 3 is 2.36 bits per heavy atom. The minimum absolute atomic E-state index is 0.189. The van der Waals surface area contributed by atoms with Crippen molar-refractivity contribution in [2.45, 2.75) is 24.0 Å². The number of nitrogens with one attached hydrogen (secondary N) is 2. The standard InChI is InChI=1S/C18H19F3N2O4S/c1-12(11-27-2)22-17(24)13-6-8-16(9-7-13)28(25,26)23-15-5-3-4-14(10-15)18(19,20)21/h3-10,12,23H,11H2,1-2H3,(H,22,24). The van der Waals surface area contributed by atoms with Crippen LogP contribution in [0.4, 0.5) is 18.9 Å². The van der Waals surface area contributed by atoms with E-state index in [-0.39, 0.29) is 22.2 Å². The number of ether oxygens (including phenoxy) is 1. The predicted molar refractivity (Wildman–Crippen MR) is 97.5 cm³/mol. The Hall–Kier alpha value is -2.59. The molecular weight excluding hydrogens is 397 g/mol. The SMILES string of the molecule is COCC(C)NC(=O)c1ccc(S(=O)(=O)Nc2cccc(C(F)(F)F)c2)cc1. The van der Waals surface area contributed by atoms with Crippen LogP contribution < -0.4 is 10.0 Å². The number of methoxy groups -OCH3 is 1. The first-order valence-electron chi connectivity index (χ1n) is 8.13. The van der Waals surface area contributed by atoms with E-state index in [0.29, 0.717) is 12.7 Å². The molecular formula is C18H19F3N2O4S. The average Bonchev–Trinajstić information content (AvgIpc) is 2.61. The van der Waals surface area contributed by atoms with Gasteiger partial charge in [-0.15, -0.1) is 0 Å². The van der Waals surface area contributed by atoms with Gasteiger partial charge in [0.05, 0.1) is 17.1 Å². The lowest BCUT2D eigenvalue weighted by molar-refractivity contribution is -0.137. The van der Waals surface area contributed by atoms with Crippen LogP contribution in [-0.4, -0.2) is 34.1 Å². The molecule has 0 saturated carbocycles. The van der Waals surface area contributed by atoms with Crippen LogP contribution in [0.5, 0.6) is 0 Å². The lowest BCUT2D eigenvalue weighted by Crippen LogP contribution is -2.35. The summed E-state index contributed by atoms with van der Waals surface area (Å²) in [5.41, 5.74) is -0.948. The summed E-state index contributed by atoms with van der Waals surface area (Å²) in [4.78, 5) is 11.9. The van der Waals surface area contributed by atoms with Crippen LogP contribution >= 0.6 is 0 Å². The van der Waals surface area contributed by atoms with Gasteiger partial charge in [-0.3, -0.25) is 9.52 Å². The molecule has 0 heterocycles. The van der Waals surface area contributed by atoms with E-state index in [9.17, 15) is 26.4 Å². The maximum absolute atomic E-state index is 12.8. The molecule has 1 amide bonds. The number of hydrogen-bond acceptors (Lipinski definition) is 4. The number of amides is 1. The molecule has 2 aromatic carbocycles. The van der Waals surface area contributed by atoms with E-state index in [2.05, 4.69) is 10.0 Å². The highest BCUT2D eigenvalue weighted by Gasteiger charge is 2.30. The van der Waals surface area contributed by atoms with Crippen LogP contribution in [0.2, 0.25) is 0 Å². The summed E-state index contributed by atoms with van der Waals surface area (Å²) in [7, 11) is -2.62. The number of sulfonamides is 1. The van der Waals surface area contributed by atoms with E-state index in [4.69, 9.17) is 4.74 Å².